The van der Waals surface area contributed by atoms with Gasteiger partial charge in [0.05, 0.1) is 12.2 Å². The quantitative estimate of drug-likeness (QED) is 0.663. The largest absolute Gasteiger partial charge is 0.447 e. The number of hydrogen-bond acceptors (Lipinski definition) is 5. The van der Waals surface area contributed by atoms with Crippen LogP contribution in [0.4, 0.5) is 25.1 Å². The van der Waals surface area contributed by atoms with E-state index < -0.39 is 29.2 Å². The molecule has 1 aromatic heterocycles. The van der Waals surface area contributed by atoms with E-state index in [1.807, 2.05) is 12.3 Å². The van der Waals surface area contributed by atoms with Crippen molar-refractivity contribution in [2.75, 3.05) is 49.1 Å². The molecule has 1 saturated carbocycles. The van der Waals surface area contributed by atoms with Crippen molar-refractivity contribution in [1.29, 1.82) is 0 Å². The second-order valence-corrected chi connectivity index (χ2v) is 8.05. The number of cyclic esters (lactones) is 1. The number of nitrogens with zero attached hydrogens (tertiary/aromatic N) is 4. The maximum Gasteiger partial charge on any atom is 0.414 e. The van der Waals surface area contributed by atoms with E-state index in [4.69, 9.17) is 4.74 Å². The molecule has 5 rings (SSSR count). The molecule has 33 heavy (non-hydrogen) atoms. The minimum atomic E-state index is -0.987. The number of terminal acetylenes is 1. The van der Waals surface area contributed by atoms with Crippen molar-refractivity contribution >= 4 is 23.5 Å². The van der Waals surface area contributed by atoms with Crippen molar-refractivity contribution in [3.05, 3.63) is 53.2 Å². The highest BCUT2D eigenvalue weighted by Crippen LogP contribution is 2.40. The van der Waals surface area contributed by atoms with Crippen LogP contribution in [-0.2, 0) is 4.74 Å². The number of piperazine rings is 1. The highest BCUT2D eigenvalue weighted by Gasteiger charge is 2.31. The lowest BCUT2D eigenvalue weighted by molar-refractivity contribution is 0.0736. The van der Waals surface area contributed by atoms with E-state index in [-0.39, 0.29) is 18.8 Å². The Kier molecular flexibility index (Phi) is 6.45. The summed E-state index contributed by atoms with van der Waals surface area (Å²) in [5.74, 6) is -1.18. The molecule has 2 saturated heterocycles. The maximum atomic E-state index is 14.7. The van der Waals surface area contributed by atoms with Crippen LogP contribution in [0.1, 0.15) is 34.7 Å². The fourth-order valence-electron chi connectivity index (χ4n) is 4.09. The molecule has 0 unspecified atom stereocenters. The van der Waals surface area contributed by atoms with Crippen LogP contribution >= 0.6 is 0 Å². The molecule has 1 aliphatic carbocycles. The standard InChI is InChI=1S/C22H22F2N4O3.C2H2/c23-17-11-16(28-9-10-31-22(28)30)12-18(24)20(17)21(29)27-7-5-26(6-8-27)19-4-3-15(13-25-19)14-1-2-14;1-2/h3-4,11-14H,1-2,5-10H2;1-2H. The minimum absolute atomic E-state index is 0.0413. The monoisotopic (exact) mass is 454 g/mol. The van der Waals surface area contributed by atoms with Gasteiger partial charge in [0.15, 0.2) is 0 Å². The molecule has 0 N–H and O–H groups in total. The van der Waals surface area contributed by atoms with Crippen LogP contribution in [0.3, 0.4) is 0 Å². The van der Waals surface area contributed by atoms with Gasteiger partial charge in [0.25, 0.3) is 5.91 Å². The van der Waals surface area contributed by atoms with Gasteiger partial charge in [-0.05, 0) is 42.5 Å². The average molecular weight is 454 g/mol. The van der Waals surface area contributed by atoms with Gasteiger partial charge in [-0.2, -0.15) is 0 Å². The van der Waals surface area contributed by atoms with Gasteiger partial charge >= 0.3 is 6.09 Å². The Bertz CT molecular complexity index is 1040. The summed E-state index contributed by atoms with van der Waals surface area (Å²) in [5, 5.41) is 0. The van der Waals surface area contributed by atoms with E-state index in [2.05, 4.69) is 28.8 Å². The summed E-state index contributed by atoms with van der Waals surface area (Å²) in [4.78, 5) is 33.6. The number of rotatable bonds is 4. The maximum absolute atomic E-state index is 14.7. The topological polar surface area (TPSA) is 66.0 Å². The number of amides is 2. The highest BCUT2D eigenvalue weighted by atomic mass is 19.1. The van der Waals surface area contributed by atoms with Crippen molar-refractivity contribution in [3.8, 4) is 12.8 Å². The van der Waals surface area contributed by atoms with Gasteiger partial charge in [-0.15, -0.1) is 12.8 Å². The Hall–Kier alpha value is -3.67. The molecule has 7 nitrogen and oxygen atoms in total. The van der Waals surface area contributed by atoms with Gasteiger partial charge < -0.3 is 14.5 Å². The summed E-state index contributed by atoms with van der Waals surface area (Å²) in [6.45, 7) is 2.10. The Morgan fingerprint density at radius 3 is 2.21 bits per heavy atom. The fourth-order valence-corrected chi connectivity index (χ4v) is 4.09. The molecule has 2 amide bonds. The first kappa shape index (κ1) is 22.5. The predicted octanol–water partition coefficient (Wildman–Crippen LogP) is 3.41. The van der Waals surface area contributed by atoms with Crippen molar-refractivity contribution in [3.63, 3.8) is 0 Å². The third-order valence-electron chi connectivity index (χ3n) is 6.02. The second-order valence-electron chi connectivity index (χ2n) is 8.05. The molecule has 0 bridgehead atoms. The van der Waals surface area contributed by atoms with Crippen molar-refractivity contribution in [1.82, 2.24) is 9.88 Å². The minimum Gasteiger partial charge on any atom is -0.447 e. The molecule has 0 radical (unpaired) electrons. The van der Waals surface area contributed by atoms with E-state index in [1.165, 1.54) is 23.3 Å². The van der Waals surface area contributed by atoms with Crippen LogP contribution in [-0.4, -0.2) is 61.2 Å². The molecule has 172 valence electrons. The summed E-state index contributed by atoms with van der Waals surface area (Å²) in [6, 6.07) is 6.10. The lowest BCUT2D eigenvalue weighted by Gasteiger charge is -2.35. The number of pyridine rings is 1. The van der Waals surface area contributed by atoms with Crippen molar-refractivity contribution < 1.29 is 23.1 Å². The number of anilines is 2. The zero-order chi connectivity index (χ0) is 23.5. The van der Waals surface area contributed by atoms with Gasteiger partial charge in [-0.1, -0.05) is 6.07 Å². The molecule has 3 heterocycles. The first-order chi connectivity index (χ1) is 16.0. The third-order valence-corrected chi connectivity index (χ3v) is 6.02. The smallest absolute Gasteiger partial charge is 0.414 e. The first-order valence-corrected chi connectivity index (χ1v) is 10.8. The van der Waals surface area contributed by atoms with Crippen LogP contribution < -0.4 is 9.80 Å². The summed E-state index contributed by atoms with van der Waals surface area (Å²) < 4.78 is 34.1. The molecular weight excluding hydrogens is 430 g/mol. The van der Waals surface area contributed by atoms with Gasteiger partial charge in [0.2, 0.25) is 0 Å². The van der Waals surface area contributed by atoms with E-state index >= 15 is 0 Å². The van der Waals surface area contributed by atoms with E-state index in [0.29, 0.717) is 32.1 Å². The summed E-state index contributed by atoms with van der Waals surface area (Å²) in [6.07, 6.45) is 11.7. The second kappa shape index (κ2) is 9.45. The number of carbonyl (C=O) groups is 2. The Morgan fingerprint density at radius 1 is 1.03 bits per heavy atom. The van der Waals surface area contributed by atoms with Crippen LogP contribution in [0, 0.1) is 24.5 Å². The number of ether oxygens (including phenoxy) is 1. The fraction of sp³-hybridized carbons (Fsp3) is 0.375. The van der Waals surface area contributed by atoms with Gasteiger partial charge in [0.1, 0.15) is 29.6 Å². The SMILES string of the molecule is C#C.O=C(c1c(F)cc(N2CCOC2=O)cc1F)N1CCN(c2ccc(C3CC3)cn2)CC1. The van der Waals surface area contributed by atoms with Crippen molar-refractivity contribution in [2.45, 2.75) is 18.8 Å². The Morgan fingerprint density at radius 2 is 1.70 bits per heavy atom. The molecule has 0 atom stereocenters. The lowest BCUT2D eigenvalue weighted by atomic mass is 10.1. The zero-order valence-corrected chi connectivity index (χ0v) is 18.0. The summed E-state index contributed by atoms with van der Waals surface area (Å²) in [7, 11) is 0. The molecule has 1 aromatic carbocycles. The molecule has 2 aliphatic heterocycles. The van der Waals surface area contributed by atoms with Gasteiger partial charge in [0, 0.05) is 32.4 Å². The van der Waals surface area contributed by atoms with Crippen LogP contribution in [0.15, 0.2) is 30.5 Å². The molecule has 3 aliphatic rings. The van der Waals surface area contributed by atoms with Crippen LogP contribution in [0.5, 0.6) is 0 Å². The number of halogens is 2. The van der Waals surface area contributed by atoms with Gasteiger partial charge in [-0.25, -0.2) is 18.6 Å². The Labute approximate surface area is 190 Å². The molecule has 9 heteroatoms. The molecule has 0 spiro atoms. The predicted molar refractivity (Wildman–Crippen MR) is 119 cm³/mol. The summed E-state index contributed by atoms with van der Waals surface area (Å²) >= 11 is 0. The summed E-state index contributed by atoms with van der Waals surface area (Å²) in [5.41, 5.74) is 0.699. The Balaban J connectivity index is 0.00000126. The molecule has 2 aromatic rings. The number of benzene rings is 1. The van der Waals surface area contributed by atoms with Crippen LogP contribution in [0.2, 0.25) is 0 Å². The van der Waals surface area contributed by atoms with E-state index in [1.54, 1.807) is 0 Å². The van der Waals surface area contributed by atoms with E-state index in [0.717, 1.165) is 22.9 Å². The highest BCUT2D eigenvalue weighted by molar-refractivity contribution is 5.96. The number of hydrogen-bond donors (Lipinski definition) is 0. The number of carbonyl (C=O) groups excluding carboxylic acids is 2. The molecular formula is C24H24F2N4O3. The van der Waals surface area contributed by atoms with Gasteiger partial charge in [-0.3, -0.25) is 9.69 Å². The van der Waals surface area contributed by atoms with Crippen molar-refractivity contribution in [2.24, 2.45) is 0 Å². The first-order valence-electron chi connectivity index (χ1n) is 10.8. The third kappa shape index (κ3) is 4.60. The normalized spacial score (nSPS) is 17.9. The lowest BCUT2D eigenvalue weighted by Crippen LogP contribution is -2.49. The zero-order valence-electron chi connectivity index (χ0n) is 18.0. The molecule has 3 fully saturated rings. The van der Waals surface area contributed by atoms with Crippen LogP contribution in [0.25, 0.3) is 0 Å². The number of aromatic nitrogens is 1. The van der Waals surface area contributed by atoms with E-state index in [9.17, 15) is 18.4 Å². The average Bonchev–Trinajstić information content (AvgIpc) is 3.60.